The van der Waals surface area contributed by atoms with Crippen LogP contribution in [0.4, 0.5) is 0 Å². The molecule has 0 heterocycles. The van der Waals surface area contributed by atoms with Gasteiger partial charge in [-0.05, 0) is 7.05 Å². The zero-order valence-corrected chi connectivity index (χ0v) is 10.8. The molecule has 0 aromatic rings. The Hall–Kier alpha value is -1.10. The first-order valence-electron chi connectivity index (χ1n) is 5.55. The Bertz CT molecular complexity index is 243. The summed E-state index contributed by atoms with van der Waals surface area (Å²) in [6, 6.07) is 0. The van der Waals surface area contributed by atoms with Crippen LogP contribution in [0.25, 0.3) is 0 Å². The topological polar surface area (TPSA) is 61.4 Å². The molecule has 0 aliphatic carbocycles. The van der Waals surface area contributed by atoms with Gasteiger partial charge in [-0.3, -0.25) is 9.59 Å². The number of nitrogens with zero attached hydrogens (tertiary/aromatic N) is 1. The maximum absolute atomic E-state index is 11.8. The smallest absolute Gasteiger partial charge is 0.226 e. The molecule has 0 aromatic carbocycles. The summed E-state index contributed by atoms with van der Waals surface area (Å²) in [5.41, 5.74) is 0. The molecule has 2 N–H and O–H groups in total. The number of hydrogen-bond donors (Lipinski definition) is 2. The van der Waals surface area contributed by atoms with Crippen molar-refractivity contribution in [1.82, 2.24) is 15.5 Å². The van der Waals surface area contributed by atoms with Gasteiger partial charge >= 0.3 is 0 Å². The second-order valence-electron chi connectivity index (χ2n) is 4.19. The van der Waals surface area contributed by atoms with Crippen molar-refractivity contribution < 1.29 is 9.59 Å². The molecule has 0 rings (SSSR count). The number of hydrogen-bond acceptors (Lipinski definition) is 3. The van der Waals surface area contributed by atoms with Crippen LogP contribution in [0.1, 0.15) is 13.8 Å². The van der Waals surface area contributed by atoms with Crippen LogP contribution in [0.2, 0.25) is 0 Å². The van der Waals surface area contributed by atoms with Crippen molar-refractivity contribution in [3.63, 3.8) is 0 Å². The van der Waals surface area contributed by atoms with Crippen LogP contribution in [-0.4, -0.2) is 50.9 Å². The molecule has 0 radical (unpaired) electrons. The van der Waals surface area contributed by atoms with Crippen molar-refractivity contribution >= 4 is 11.8 Å². The van der Waals surface area contributed by atoms with E-state index in [9.17, 15) is 9.59 Å². The molecule has 5 heteroatoms. The summed E-state index contributed by atoms with van der Waals surface area (Å²) >= 11 is 0. The maximum atomic E-state index is 11.8. The fourth-order valence-electron chi connectivity index (χ4n) is 1.60. The zero-order valence-electron chi connectivity index (χ0n) is 10.8. The minimum Gasteiger partial charge on any atom is -0.359 e. The third-order valence-corrected chi connectivity index (χ3v) is 2.55. The Morgan fingerprint density at radius 3 is 2.19 bits per heavy atom. The molecule has 0 aromatic heterocycles. The molecule has 94 valence electrons. The van der Waals surface area contributed by atoms with Gasteiger partial charge in [-0.2, -0.15) is 0 Å². The lowest BCUT2D eigenvalue weighted by Crippen LogP contribution is -2.41. The van der Waals surface area contributed by atoms with Crippen LogP contribution in [0.3, 0.4) is 0 Å². The molecule has 0 spiro atoms. The molecule has 0 fully saturated rings. The highest BCUT2D eigenvalue weighted by Crippen LogP contribution is 2.04. The van der Waals surface area contributed by atoms with E-state index in [2.05, 4.69) is 10.6 Å². The van der Waals surface area contributed by atoms with Gasteiger partial charge in [0.05, 0.1) is 5.92 Å². The number of carbonyl (C=O) groups is 2. The van der Waals surface area contributed by atoms with Crippen molar-refractivity contribution in [3.8, 4) is 0 Å². The van der Waals surface area contributed by atoms with Crippen molar-refractivity contribution in [3.05, 3.63) is 0 Å². The number of carbonyl (C=O) groups excluding carboxylic acids is 2. The Balaban J connectivity index is 4.19. The lowest BCUT2D eigenvalue weighted by molar-refractivity contribution is -0.135. The molecule has 2 amide bonds. The van der Waals surface area contributed by atoms with Gasteiger partial charge in [0.25, 0.3) is 0 Å². The highest BCUT2D eigenvalue weighted by Gasteiger charge is 2.20. The summed E-state index contributed by atoms with van der Waals surface area (Å²) in [5, 5.41) is 5.54. The van der Waals surface area contributed by atoms with E-state index in [1.54, 1.807) is 19.0 Å². The molecule has 2 unspecified atom stereocenters. The Kier molecular flexibility index (Phi) is 6.72. The predicted octanol–water partition coefficient (Wildman–Crippen LogP) is -0.318. The fourth-order valence-corrected chi connectivity index (χ4v) is 1.60. The predicted molar refractivity (Wildman–Crippen MR) is 64.0 cm³/mol. The van der Waals surface area contributed by atoms with Crippen molar-refractivity contribution in [1.29, 1.82) is 0 Å². The molecule has 5 nitrogen and oxygen atoms in total. The molecule has 2 atom stereocenters. The standard InChI is InChI=1S/C11H23N3O2/c1-8(6-12-3)11(16)14(5)7-9(2)10(15)13-4/h8-9,12H,6-7H2,1-5H3,(H,13,15). The summed E-state index contributed by atoms with van der Waals surface area (Å²) in [5.74, 6) is -0.223. The van der Waals surface area contributed by atoms with Gasteiger partial charge in [-0.25, -0.2) is 0 Å². The first kappa shape index (κ1) is 14.9. The van der Waals surface area contributed by atoms with E-state index in [-0.39, 0.29) is 23.7 Å². The number of nitrogens with one attached hydrogen (secondary N) is 2. The lowest BCUT2D eigenvalue weighted by Gasteiger charge is -2.23. The summed E-state index contributed by atoms with van der Waals surface area (Å²) in [4.78, 5) is 24.8. The summed E-state index contributed by atoms with van der Waals surface area (Å²) in [6.45, 7) is 4.79. The van der Waals surface area contributed by atoms with Crippen LogP contribution in [0.15, 0.2) is 0 Å². The second-order valence-corrected chi connectivity index (χ2v) is 4.19. The van der Waals surface area contributed by atoms with E-state index < -0.39 is 0 Å². The minimum absolute atomic E-state index is 0.0408. The average Bonchev–Trinajstić information content (AvgIpc) is 2.26. The molecule has 0 aliphatic heterocycles. The normalized spacial score (nSPS) is 14.1. The summed E-state index contributed by atoms with van der Waals surface area (Å²) in [7, 11) is 5.15. The average molecular weight is 229 g/mol. The Morgan fingerprint density at radius 1 is 1.19 bits per heavy atom. The largest absolute Gasteiger partial charge is 0.359 e. The van der Waals surface area contributed by atoms with E-state index in [1.807, 2.05) is 20.9 Å². The van der Waals surface area contributed by atoms with Gasteiger partial charge in [0, 0.05) is 33.1 Å². The quantitative estimate of drug-likeness (QED) is 0.656. The first-order valence-corrected chi connectivity index (χ1v) is 5.55. The zero-order chi connectivity index (χ0) is 12.7. The monoisotopic (exact) mass is 229 g/mol. The van der Waals surface area contributed by atoms with Crippen LogP contribution < -0.4 is 10.6 Å². The first-order chi connectivity index (χ1) is 7.43. The molecule has 0 saturated carbocycles. The third kappa shape index (κ3) is 4.61. The highest BCUT2D eigenvalue weighted by molar-refractivity contribution is 5.81. The number of amides is 2. The van der Waals surface area contributed by atoms with Gasteiger partial charge in [0.2, 0.25) is 11.8 Å². The van der Waals surface area contributed by atoms with E-state index in [0.29, 0.717) is 13.1 Å². The van der Waals surface area contributed by atoms with E-state index in [1.165, 1.54) is 0 Å². The highest BCUT2D eigenvalue weighted by atomic mass is 16.2. The Morgan fingerprint density at radius 2 is 1.75 bits per heavy atom. The molecule has 0 aliphatic rings. The number of rotatable bonds is 6. The van der Waals surface area contributed by atoms with E-state index in [4.69, 9.17) is 0 Å². The van der Waals surface area contributed by atoms with Crippen LogP contribution in [0.5, 0.6) is 0 Å². The summed E-state index contributed by atoms with van der Waals surface area (Å²) in [6.07, 6.45) is 0. The molecular formula is C11H23N3O2. The van der Waals surface area contributed by atoms with Gasteiger partial charge < -0.3 is 15.5 Å². The minimum atomic E-state index is -0.180. The molecule has 16 heavy (non-hydrogen) atoms. The molecular weight excluding hydrogens is 206 g/mol. The van der Waals surface area contributed by atoms with Crippen LogP contribution >= 0.6 is 0 Å². The van der Waals surface area contributed by atoms with Crippen LogP contribution in [-0.2, 0) is 9.59 Å². The van der Waals surface area contributed by atoms with Crippen molar-refractivity contribution in [2.45, 2.75) is 13.8 Å². The molecule has 0 bridgehead atoms. The van der Waals surface area contributed by atoms with Gasteiger partial charge in [-0.15, -0.1) is 0 Å². The van der Waals surface area contributed by atoms with E-state index >= 15 is 0 Å². The van der Waals surface area contributed by atoms with Gasteiger partial charge in [0.15, 0.2) is 0 Å². The SMILES string of the molecule is CNCC(C)C(=O)N(C)CC(C)C(=O)NC. The lowest BCUT2D eigenvalue weighted by atomic mass is 10.1. The van der Waals surface area contributed by atoms with Gasteiger partial charge in [-0.1, -0.05) is 13.8 Å². The van der Waals surface area contributed by atoms with E-state index in [0.717, 1.165) is 0 Å². The maximum Gasteiger partial charge on any atom is 0.226 e. The fraction of sp³-hybridized carbons (Fsp3) is 0.818. The van der Waals surface area contributed by atoms with Crippen LogP contribution in [0, 0.1) is 11.8 Å². The molecule has 0 saturated heterocycles. The Labute approximate surface area is 97.6 Å². The van der Waals surface area contributed by atoms with Gasteiger partial charge in [0.1, 0.15) is 0 Å². The third-order valence-electron chi connectivity index (χ3n) is 2.55. The summed E-state index contributed by atoms with van der Waals surface area (Å²) < 4.78 is 0. The second kappa shape index (κ2) is 7.22. The van der Waals surface area contributed by atoms with Crippen molar-refractivity contribution in [2.75, 3.05) is 34.2 Å². The van der Waals surface area contributed by atoms with Crippen molar-refractivity contribution in [2.24, 2.45) is 11.8 Å².